The van der Waals surface area contributed by atoms with Crippen LogP contribution >= 0.6 is 11.6 Å². The van der Waals surface area contributed by atoms with Gasteiger partial charge in [-0.15, -0.1) is 0 Å². The highest BCUT2D eigenvalue weighted by Crippen LogP contribution is 2.27. The molecule has 6 heteroatoms. The molecule has 0 unspecified atom stereocenters. The molecule has 1 aromatic carbocycles. The third kappa shape index (κ3) is 3.99. The molecule has 1 fully saturated rings. The Morgan fingerprint density at radius 1 is 1.45 bits per heavy atom. The van der Waals surface area contributed by atoms with Gasteiger partial charge in [-0.2, -0.15) is 0 Å². The molecule has 0 radical (unpaired) electrons. The van der Waals surface area contributed by atoms with Gasteiger partial charge in [0.1, 0.15) is 0 Å². The van der Waals surface area contributed by atoms with Crippen LogP contribution in [-0.4, -0.2) is 47.7 Å². The van der Waals surface area contributed by atoms with Crippen LogP contribution in [0.5, 0.6) is 0 Å². The second kappa shape index (κ2) is 6.67. The molecular formula is C16H20ClNO4. The molecule has 1 saturated heterocycles. The number of ether oxygens (including phenoxy) is 1. The molecule has 1 aliphatic heterocycles. The lowest BCUT2D eigenvalue weighted by Gasteiger charge is -2.36. The number of hydrogen-bond acceptors (Lipinski definition) is 3. The smallest absolute Gasteiger partial charge is 0.334 e. The van der Waals surface area contributed by atoms with Gasteiger partial charge in [-0.1, -0.05) is 37.6 Å². The predicted octanol–water partition coefficient (Wildman–Crippen LogP) is 2.22. The van der Waals surface area contributed by atoms with Crippen LogP contribution in [0.4, 0.5) is 0 Å². The summed E-state index contributed by atoms with van der Waals surface area (Å²) >= 11 is 5.98. The minimum atomic E-state index is -1.04. The molecule has 1 aliphatic rings. The SMILES string of the molecule is CC(C)(Cc1cccc(Cl)c1)C(=O)N1CCO[C@@H](C(=O)O)C1. The second-order valence-electron chi connectivity index (χ2n) is 6.14. The third-order valence-electron chi connectivity index (χ3n) is 3.74. The number of hydrogen-bond donors (Lipinski definition) is 1. The molecule has 22 heavy (non-hydrogen) atoms. The second-order valence-corrected chi connectivity index (χ2v) is 6.58. The summed E-state index contributed by atoms with van der Waals surface area (Å²) in [5.41, 5.74) is 0.347. The maximum atomic E-state index is 12.7. The van der Waals surface area contributed by atoms with Crippen LogP contribution in [0.2, 0.25) is 5.02 Å². The lowest BCUT2D eigenvalue weighted by molar-refractivity contribution is -0.162. The van der Waals surface area contributed by atoms with Crippen molar-refractivity contribution < 1.29 is 19.4 Å². The Bertz CT molecular complexity index is 573. The zero-order valence-electron chi connectivity index (χ0n) is 12.7. The van der Waals surface area contributed by atoms with E-state index in [1.54, 1.807) is 11.0 Å². The number of halogens is 1. The first-order valence-corrected chi connectivity index (χ1v) is 7.55. The first-order chi connectivity index (χ1) is 10.3. The Balaban J connectivity index is 2.07. The van der Waals surface area contributed by atoms with Crippen LogP contribution in [0, 0.1) is 5.41 Å². The van der Waals surface area contributed by atoms with Crippen molar-refractivity contribution in [3.8, 4) is 0 Å². The zero-order valence-corrected chi connectivity index (χ0v) is 13.5. The summed E-state index contributed by atoms with van der Waals surface area (Å²) in [6.45, 7) is 4.48. The monoisotopic (exact) mass is 325 g/mol. The van der Waals surface area contributed by atoms with E-state index in [-0.39, 0.29) is 19.1 Å². The fourth-order valence-corrected chi connectivity index (χ4v) is 2.86. The summed E-state index contributed by atoms with van der Waals surface area (Å²) < 4.78 is 5.16. The maximum Gasteiger partial charge on any atom is 0.334 e. The van der Waals surface area contributed by atoms with E-state index in [4.69, 9.17) is 21.4 Å². The van der Waals surface area contributed by atoms with Crippen molar-refractivity contribution in [1.82, 2.24) is 4.90 Å². The van der Waals surface area contributed by atoms with Crippen molar-refractivity contribution >= 4 is 23.5 Å². The number of carbonyl (C=O) groups is 2. The van der Waals surface area contributed by atoms with Gasteiger partial charge in [0, 0.05) is 17.0 Å². The normalized spacial score (nSPS) is 19.0. The third-order valence-corrected chi connectivity index (χ3v) is 3.98. The van der Waals surface area contributed by atoms with Crippen molar-refractivity contribution in [2.75, 3.05) is 19.7 Å². The summed E-state index contributed by atoms with van der Waals surface area (Å²) in [5.74, 6) is -1.10. The van der Waals surface area contributed by atoms with E-state index in [0.717, 1.165) is 5.56 Å². The molecule has 0 aromatic heterocycles. The minimum Gasteiger partial charge on any atom is -0.479 e. The van der Waals surface area contributed by atoms with E-state index in [1.165, 1.54) is 0 Å². The summed E-state index contributed by atoms with van der Waals surface area (Å²) in [5, 5.41) is 9.67. The van der Waals surface area contributed by atoms with Gasteiger partial charge >= 0.3 is 5.97 Å². The number of amides is 1. The number of rotatable bonds is 4. The number of carbonyl (C=O) groups excluding carboxylic acids is 1. The van der Waals surface area contributed by atoms with Gasteiger partial charge in [0.05, 0.1) is 13.2 Å². The molecule has 1 amide bonds. The molecule has 2 rings (SSSR count). The average Bonchev–Trinajstić information content (AvgIpc) is 2.46. The molecule has 0 spiro atoms. The molecule has 0 saturated carbocycles. The zero-order chi connectivity index (χ0) is 16.3. The largest absolute Gasteiger partial charge is 0.479 e. The van der Waals surface area contributed by atoms with Gasteiger partial charge < -0.3 is 14.7 Å². The summed E-state index contributed by atoms with van der Waals surface area (Å²) in [7, 11) is 0. The molecule has 0 bridgehead atoms. The number of carboxylic acid groups (broad SMARTS) is 1. The highest BCUT2D eigenvalue weighted by Gasteiger charge is 2.36. The fourth-order valence-electron chi connectivity index (χ4n) is 2.64. The van der Waals surface area contributed by atoms with Crippen LogP contribution in [0.15, 0.2) is 24.3 Å². The number of carboxylic acids is 1. The standard InChI is InChI=1S/C16H20ClNO4/c1-16(2,9-11-4-3-5-12(17)8-11)15(21)18-6-7-22-13(10-18)14(19)20/h3-5,8,13H,6-7,9-10H2,1-2H3,(H,19,20)/t13-/m1/s1. The number of morpholine rings is 1. The Hall–Kier alpha value is -1.59. The predicted molar refractivity (Wildman–Crippen MR) is 82.9 cm³/mol. The lowest BCUT2D eigenvalue weighted by atomic mass is 9.84. The van der Waals surface area contributed by atoms with Gasteiger partial charge in [0.15, 0.2) is 6.10 Å². The highest BCUT2D eigenvalue weighted by atomic mass is 35.5. The van der Waals surface area contributed by atoms with E-state index < -0.39 is 17.5 Å². The van der Waals surface area contributed by atoms with Gasteiger partial charge in [0.25, 0.3) is 0 Å². The lowest BCUT2D eigenvalue weighted by Crippen LogP contribution is -2.52. The first-order valence-electron chi connectivity index (χ1n) is 7.18. The highest BCUT2D eigenvalue weighted by molar-refractivity contribution is 6.30. The molecular weight excluding hydrogens is 306 g/mol. The van der Waals surface area contributed by atoms with Crippen molar-refractivity contribution in [2.24, 2.45) is 5.41 Å². The van der Waals surface area contributed by atoms with Crippen LogP contribution in [0.3, 0.4) is 0 Å². The van der Waals surface area contributed by atoms with E-state index in [9.17, 15) is 9.59 Å². The molecule has 1 heterocycles. The van der Waals surface area contributed by atoms with Crippen molar-refractivity contribution in [3.05, 3.63) is 34.9 Å². The molecule has 5 nitrogen and oxygen atoms in total. The molecule has 0 aliphatic carbocycles. The Kier molecular flexibility index (Phi) is 5.08. The van der Waals surface area contributed by atoms with E-state index in [1.807, 2.05) is 32.0 Å². The Morgan fingerprint density at radius 2 is 2.18 bits per heavy atom. The first kappa shape index (κ1) is 16.8. The molecule has 1 atom stereocenters. The molecule has 1 aromatic rings. The quantitative estimate of drug-likeness (QED) is 0.921. The molecule has 1 N–H and O–H groups in total. The van der Waals surface area contributed by atoms with E-state index in [2.05, 4.69) is 0 Å². The van der Waals surface area contributed by atoms with Gasteiger partial charge in [0.2, 0.25) is 5.91 Å². The van der Waals surface area contributed by atoms with E-state index in [0.29, 0.717) is 18.0 Å². The van der Waals surface area contributed by atoms with E-state index >= 15 is 0 Å². The summed E-state index contributed by atoms with van der Waals surface area (Å²) in [4.78, 5) is 25.3. The Morgan fingerprint density at radius 3 is 2.82 bits per heavy atom. The van der Waals surface area contributed by atoms with Gasteiger partial charge in [-0.25, -0.2) is 4.79 Å². The maximum absolute atomic E-state index is 12.7. The van der Waals surface area contributed by atoms with Crippen molar-refractivity contribution in [3.63, 3.8) is 0 Å². The van der Waals surface area contributed by atoms with Crippen molar-refractivity contribution in [2.45, 2.75) is 26.4 Å². The van der Waals surface area contributed by atoms with Gasteiger partial charge in [-0.05, 0) is 24.1 Å². The average molecular weight is 326 g/mol. The van der Waals surface area contributed by atoms with Crippen LogP contribution in [-0.2, 0) is 20.7 Å². The van der Waals surface area contributed by atoms with Crippen LogP contribution in [0.25, 0.3) is 0 Å². The minimum absolute atomic E-state index is 0.0676. The number of benzene rings is 1. The topological polar surface area (TPSA) is 66.8 Å². The fraction of sp³-hybridized carbons (Fsp3) is 0.500. The van der Waals surface area contributed by atoms with Crippen LogP contribution < -0.4 is 0 Å². The summed E-state index contributed by atoms with van der Waals surface area (Å²) in [6.07, 6.45) is -0.402. The summed E-state index contributed by atoms with van der Waals surface area (Å²) in [6, 6.07) is 7.42. The van der Waals surface area contributed by atoms with Gasteiger partial charge in [-0.3, -0.25) is 4.79 Å². The number of aliphatic carboxylic acids is 1. The van der Waals surface area contributed by atoms with Crippen LogP contribution in [0.1, 0.15) is 19.4 Å². The number of nitrogens with zero attached hydrogens (tertiary/aromatic N) is 1. The van der Waals surface area contributed by atoms with Crippen molar-refractivity contribution in [1.29, 1.82) is 0 Å². The Labute approximate surface area is 134 Å². The molecule has 120 valence electrons.